The third kappa shape index (κ3) is 5.67. The van der Waals surface area contributed by atoms with Gasteiger partial charge in [0.25, 0.3) is 0 Å². The van der Waals surface area contributed by atoms with E-state index in [1.165, 1.54) is 16.8 Å². The summed E-state index contributed by atoms with van der Waals surface area (Å²) in [6.07, 6.45) is 6.58. The molecule has 3 aromatic rings. The van der Waals surface area contributed by atoms with E-state index in [2.05, 4.69) is 64.9 Å². The van der Waals surface area contributed by atoms with Crippen molar-refractivity contribution in [3.8, 4) is 0 Å². The highest BCUT2D eigenvalue weighted by molar-refractivity contribution is 9.10. The largest absolute Gasteiger partial charge is 0.337 e. The van der Waals surface area contributed by atoms with Gasteiger partial charge in [-0.05, 0) is 23.8 Å². The van der Waals surface area contributed by atoms with Crippen LogP contribution in [-0.2, 0) is 19.5 Å². The molecule has 2 aliphatic heterocycles. The van der Waals surface area contributed by atoms with Gasteiger partial charge in [0, 0.05) is 80.9 Å². The molecule has 2 aromatic heterocycles. The Labute approximate surface area is 209 Å². The van der Waals surface area contributed by atoms with Crippen LogP contribution in [0.25, 0.3) is 0 Å². The Hall–Kier alpha value is -2.00. The molecule has 170 valence electrons. The maximum atomic E-state index is 4.92. The Balaban J connectivity index is 0.00000144. The minimum Gasteiger partial charge on any atom is -0.337 e. The molecule has 10 heteroatoms. The molecule has 0 bridgehead atoms. The fourth-order valence-corrected chi connectivity index (χ4v) is 4.32. The summed E-state index contributed by atoms with van der Waals surface area (Å²) in [5.74, 6) is 1.65. The van der Waals surface area contributed by atoms with Gasteiger partial charge in [-0.2, -0.15) is 0 Å². The molecule has 2 aliphatic rings. The Morgan fingerprint density at radius 2 is 1.47 bits per heavy atom. The first kappa shape index (κ1) is 24.6. The Morgan fingerprint density at radius 3 is 2.16 bits per heavy atom. The highest BCUT2D eigenvalue weighted by Gasteiger charge is 2.23. The van der Waals surface area contributed by atoms with E-state index >= 15 is 0 Å². The SMILES string of the molecule is Brc1ccc(CN2CCc3nc(N4CCN(c5ncccn5)CC4)ncc3C2)cc1.Cl.Cl. The van der Waals surface area contributed by atoms with Gasteiger partial charge < -0.3 is 9.80 Å². The van der Waals surface area contributed by atoms with Crippen LogP contribution in [0.2, 0.25) is 0 Å². The maximum Gasteiger partial charge on any atom is 0.225 e. The lowest BCUT2D eigenvalue weighted by Gasteiger charge is -2.35. The van der Waals surface area contributed by atoms with E-state index in [4.69, 9.17) is 9.97 Å². The van der Waals surface area contributed by atoms with Crippen molar-refractivity contribution in [2.45, 2.75) is 19.5 Å². The molecular formula is C22H26BrCl2N7. The third-order valence-electron chi connectivity index (χ3n) is 5.72. The summed E-state index contributed by atoms with van der Waals surface area (Å²) in [4.78, 5) is 25.3. The number of piperazine rings is 1. The number of benzene rings is 1. The van der Waals surface area contributed by atoms with Crippen LogP contribution in [0, 0.1) is 0 Å². The normalized spacial score (nSPS) is 16.0. The van der Waals surface area contributed by atoms with E-state index in [1.54, 1.807) is 12.4 Å². The van der Waals surface area contributed by atoms with E-state index in [0.29, 0.717) is 0 Å². The molecule has 0 atom stereocenters. The number of hydrogen-bond acceptors (Lipinski definition) is 7. The molecule has 5 rings (SSSR count). The third-order valence-corrected chi connectivity index (χ3v) is 6.25. The number of aromatic nitrogens is 4. The van der Waals surface area contributed by atoms with Crippen molar-refractivity contribution in [1.29, 1.82) is 0 Å². The van der Waals surface area contributed by atoms with Crippen LogP contribution in [0.15, 0.2) is 53.4 Å². The topological polar surface area (TPSA) is 61.3 Å². The van der Waals surface area contributed by atoms with Gasteiger partial charge in [0.15, 0.2) is 0 Å². The average molecular weight is 539 g/mol. The second kappa shape index (κ2) is 11.2. The van der Waals surface area contributed by atoms with E-state index < -0.39 is 0 Å². The zero-order valence-electron chi connectivity index (χ0n) is 17.6. The van der Waals surface area contributed by atoms with Crippen LogP contribution in [0.5, 0.6) is 0 Å². The first-order valence-electron chi connectivity index (χ1n) is 10.3. The van der Waals surface area contributed by atoms with Gasteiger partial charge in [0.1, 0.15) is 0 Å². The number of fused-ring (bicyclic) bond motifs is 1. The lowest BCUT2D eigenvalue weighted by Crippen LogP contribution is -2.47. The van der Waals surface area contributed by atoms with Crippen molar-refractivity contribution >= 4 is 52.6 Å². The summed E-state index contributed by atoms with van der Waals surface area (Å²) in [6.45, 7) is 6.41. The molecule has 4 heterocycles. The predicted molar refractivity (Wildman–Crippen MR) is 135 cm³/mol. The van der Waals surface area contributed by atoms with Crippen LogP contribution in [0.1, 0.15) is 16.8 Å². The predicted octanol–water partition coefficient (Wildman–Crippen LogP) is 3.76. The molecule has 1 saturated heterocycles. The molecule has 0 unspecified atom stereocenters. The molecule has 7 nitrogen and oxygen atoms in total. The van der Waals surface area contributed by atoms with E-state index in [-0.39, 0.29) is 24.8 Å². The van der Waals surface area contributed by atoms with Crippen LogP contribution < -0.4 is 9.80 Å². The summed E-state index contributed by atoms with van der Waals surface area (Å²) in [5.41, 5.74) is 3.78. The lowest BCUT2D eigenvalue weighted by molar-refractivity contribution is 0.243. The first-order chi connectivity index (χ1) is 14.7. The van der Waals surface area contributed by atoms with Gasteiger partial charge in [-0.3, -0.25) is 4.90 Å². The Morgan fingerprint density at radius 1 is 0.812 bits per heavy atom. The molecule has 32 heavy (non-hydrogen) atoms. The number of nitrogens with zero attached hydrogens (tertiary/aromatic N) is 7. The van der Waals surface area contributed by atoms with Gasteiger partial charge in [-0.25, -0.2) is 19.9 Å². The fourth-order valence-electron chi connectivity index (χ4n) is 4.06. The van der Waals surface area contributed by atoms with E-state index in [9.17, 15) is 0 Å². The summed E-state index contributed by atoms with van der Waals surface area (Å²) in [7, 11) is 0. The number of anilines is 2. The van der Waals surface area contributed by atoms with Crippen LogP contribution in [0.3, 0.4) is 0 Å². The van der Waals surface area contributed by atoms with Gasteiger partial charge in [-0.15, -0.1) is 24.8 Å². The summed E-state index contributed by atoms with van der Waals surface area (Å²) < 4.78 is 1.12. The van der Waals surface area contributed by atoms with Crippen molar-refractivity contribution in [2.75, 3.05) is 42.5 Å². The Bertz CT molecular complexity index is 999. The molecule has 0 N–H and O–H groups in total. The first-order valence-corrected chi connectivity index (χ1v) is 11.1. The quantitative estimate of drug-likeness (QED) is 0.501. The van der Waals surface area contributed by atoms with Crippen LogP contribution >= 0.6 is 40.7 Å². The maximum absolute atomic E-state index is 4.92. The van der Waals surface area contributed by atoms with Crippen molar-refractivity contribution < 1.29 is 0 Å². The van der Waals surface area contributed by atoms with Gasteiger partial charge in [0.05, 0.1) is 5.69 Å². The highest BCUT2D eigenvalue weighted by atomic mass is 79.9. The molecular weight excluding hydrogens is 513 g/mol. The number of halogens is 3. The summed E-state index contributed by atoms with van der Waals surface area (Å²) in [5, 5.41) is 0. The molecule has 0 saturated carbocycles. The fraction of sp³-hybridized carbons (Fsp3) is 0.364. The molecule has 0 radical (unpaired) electrons. The summed E-state index contributed by atoms with van der Waals surface area (Å²) >= 11 is 3.50. The molecule has 0 aliphatic carbocycles. The monoisotopic (exact) mass is 537 g/mol. The van der Waals surface area contributed by atoms with Gasteiger partial charge in [0.2, 0.25) is 11.9 Å². The summed E-state index contributed by atoms with van der Waals surface area (Å²) in [6, 6.07) is 10.4. The zero-order valence-corrected chi connectivity index (χ0v) is 20.8. The van der Waals surface area contributed by atoms with Crippen molar-refractivity contribution in [3.63, 3.8) is 0 Å². The molecule has 0 spiro atoms. The van der Waals surface area contributed by atoms with Crippen molar-refractivity contribution in [2.24, 2.45) is 0 Å². The van der Waals surface area contributed by atoms with Crippen molar-refractivity contribution in [3.05, 3.63) is 70.2 Å². The molecule has 0 amide bonds. The standard InChI is InChI=1S/C22H24BrN7.2ClH/c23-19-4-2-17(3-5-19)15-28-9-6-20-18(16-28)14-26-22(27-20)30-12-10-29(11-13-30)21-24-7-1-8-25-21;;/h1-5,7-8,14H,6,9-13,15-16H2;2*1H. The van der Waals surface area contributed by atoms with E-state index in [0.717, 1.165) is 68.6 Å². The molecule has 1 aromatic carbocycles. The van der Waals surface area contributed by atoms with Crippen LogP contribution in [0.4, 0.5) is 11.9 Å². The Kier molecular flexibility index (Phi) is 8.64. The second-order valence-corrected chi connectivity index (χ2v) is 8.67. The smallest absolute Gasteiger partial charge is 0.225 e. The number of hydrogen-bond donors (Lipinski definition) is 0. The minimum absolute atomic E-state index is 0. The van der Waals surface area contributed by atoms with E-state index in [1.807, 2.05) is 12.3 Å². The second-order valence-electron chi connectivity index (χ2n) is 7.75. The minimum atomic E-state index is 0. The van der Waals surface area contributed by atoms with Gasteiger partial charge >= 0.3 is 0 Å². The average Bonchev–Trinajstić information content (AvgIpc) is 2.81. The van der Waals surface area contributed by atoms with Gasteiger partial charge in [-0.1, -0.05) is 28.1 Å². The number of rotatable bonds is 4. The van der Waals surface area contributed by atoms with Crippen LogP contribution in [-0.4, -0.2) is 57.6 Å². The molecule has 1 fully saturated rings. The lowest BCUT2D eigenvalue weighted by atomic mass is 10.1. The zero-order chi connectivity index (χ0) is 20.3. The van der Waals surface area contributed by atoms with Crippen molar-refractivity contribution in [1.82, 2.24) is 24.8 Å². The highest BCUT2D eigenvalue weighted by Crippen LogP contribution is 2.22.